The van der Waals surface area contributed by atoms with Crippen LogP contribution in [0.2, 0.25) is 0 Å². The van der Waals surface area contributed by atoms with Crippen molar-refractivity contribution >= 4 is 33.7 Å². The molecule has 1 aliphatic heterocycles. The van der Waals surface area contributed by atoms with Gasteiger partial charge >= 0.3 is 0 Å². The number of fused-ring (bicyclic) bond motifs is 1. The van der Waals surface area contributed by atoms with Crippen LogP contribution >= 0.6 is 15.9 Å². The first-order chi connectivity index (χ1) is 11.5. The van der Waals surface area contributed by atoms with E-state index in [4.69, 9.17) is 10.5 Å². The molecule has 122 valence electrons. The molecule has 0 bridgehead atoms. The molecule has 0 fully saturated rings. The Kier molecular flexibility index (Phi) is 5.67. The lowest BCUT2D eigenvalue weighted by Crippen LogP contribution is -2.34. The van der Waals surface area contributed by atoms with Gasteiger partial charge in [-0.1, -0.05) is 15.9 Å². The highest BCUT2D eigenvalue weighted by Gasteiger charge is 2.35. The zero-order valence-corrected chi connectivity index (χ0v) is 14.2. The fourth-order valence-electron chi connectivity index (χ4n) is 2.42. The number of imide groups is 1. The molecule has 3 amide bonds. The van der Waals surface area contributed by atoms with Crippen LogP contribution in [-0.4, -0.2) is 47.2 Å². The first-order valence-corrected chi connectivity index (χ1v) is 7.96. The highest BCUT2D eigenvalue weighted by atomic mass is 79.9. The lowest BCUT2D eigenvalue weighted by Gasteiger charge is -2.17. The first-order valence-electron chi connectivity index (χ1n) is 7.17. The number of nitriles is 2. The van der Waals surface area contributed by atoms with E-state index in [1.54, 1.807) is 18.2 Å². The Hall–Kier alpha value is -2.71. The normalized spacial score (nSPS) is 12.5. The van der Waals surface area contributed by atoms with Crippen molar-refractivity contribution in [2.24, 2.45) is 0 Å². The van der Waals surface area contributed by atoms with Gasteiger partial charge in [-0.15, -0.1) is 0 Å². The average Bonchev–Trinajstić information content (AvgIpc) is 2.79. The summed E-state index contributed by atoms with van der Waals surface area (Å²) in [6, 6.07) is 8.54. The van der Waals surface area contributed by atoms with Gasteiger partial charge in [0, 0.05) is 17.4 Å². The molecule has 0 atom stereocenters. The molecule has 24 heavy (non-hydrogen) atoms. The van der Waals surface area contributed by atoms with E-state index in [-0.39, 0.29) is 50.2 Å². The van der Waals surface area contributed by atoms with Crippen molar-refractivity contribution in [2.45, 2.75) is 12.8 Å². The van der Waals surface area contributed by atoms with Gasteiger partial charge < -0.3 is 4.90 Å². The van der Waals surface area contributed by atoms with Gasteiger partial charge in [-0.3, -0.25) is 19.3 Å². The molecule has 8 heteroatoms. The molecule has 0 saturated carbocycles. The van der Waals surface area contributed by atoms with Crippen molar-refractivity contribution in [1.29, 1.82) is 10.5 Å². The smallest absolute Gasteiger partial charge is 0.261 e. The Balaban J connectivity index is 1.95. The molecule has 0 aliphatic carbocycles. The Morgan fingerprint density at radius 2 is 1.75 bits per heavy atom. The minimum atomic E-state index is -0.380. The van der Waals surface area contributed by atoms with Gasteiger partial charge in [-0.2, -0.15) is 10.5 Å². The maximum Gasteiger partial charge on any atom is 0.261 e. The third-order valence-corrected chi connectivity index (χ3v) is 4.07. The van der Waals surface area contributed by atoms with Crippen LogP contribution in [0.25, 0.3) is 0 Å². The van der Waals surface area contributed by atoms with Crippen LogP contribution in [0.5, 0.6) is 0 Å². The number of rotatable bonds is 6. The SMILES string of the molecule is N#CCN(CC#N)C(=O)CCCN1C(=O)c2ccc(Br)cc2C1=O. The minimum Gasteiger partial charge on any atom is -0.316 e. The van der Waals surface area contributed by atoms with Gasteiger partial charge in [0.1, 0.15) is 13.1 Å². The molecule has 0 unspecified atom stereocenters. The molecular weight excluding hydrogens is 376 g/mol. The summed E-state index contributed by atoms with van der Waals surface area (Å²) in [5.41, 5.74) is 0.696. The lowest BCUT2D eigenvalue weighted by atomic mass is 10.1. The summed E-state index contributed by atoms with van der Waals surface area (Å²) in [4.78, 5) is 38.7. The van der Waals surface area contributed by atoms with Gasteiger partial charge in [-0.25, -0.2) is 0 Å². The number of carbonyl (C=O) groups is 3. The van der Waals surface area contributed by atoms with E-state index in [0.29, 0.717) is 15.6 Å². The van der Waals surface area contributed by atoms with Crippen LogP contribution in [0, 0.1) is 22.7 Å². The lowest BCUT2D eigenvalue weighted by molar-refractivity contribution is -0.130. The fraction of sp³-hybridized carbons (Fsp3) is 0.312. The monoisotopic (exact) mass is 388 g/mol. The fourth-order valence-corrected chi connectivity index (χ4v) is 2.78. The number of carbonyl (C=O) groups excluding carboxylic acids is 3. The zero-order valence-electron chi connectivity index (χ0n) is 12.7. The highest BCUT2D eigenvalue weighted by molar-refractivity contribution is 9.10. The highest BCUT2D eigenvalue weighted by Crippen LogP contribution is 2.26. The van der Waals surface area contributed by atoms with Gasteiger partial charge in [0.05, 0.1) is 23.3 Å². The number of nitrogens with zero attached hydrogens (tertiary/aromatic N) is 4. The Bertz CT molecular complexity index is 763. The Labute approximate surface area is 147 Å². The summed E-state index contributed by atoms with van der Waals surface area (Å²) in [7, 11) is 0. The molecule has 0 N–H and O–H groups in total. The van der Waals surface area contributed by atoms with Crippen LogP contribution in [0.1, 0.15) is 33.6 Å². The van der Waals surface area contributed by atoms with E-state index in [0.717, 1.165) is 9.80 Å². The van der Waals surface area contributed by atoms with Gasteiger partial charge in [-0.05, 0) is 24.6 Å². The number of amides is 3. The van der Waals surface area contributed by atoms with Gasteiger partial charge in [0.2, 0.25) is 5.91 Å². The van der Waals surface area contributed by atoms with Crippen LogP contribution < -0.4 is 0 Å². The summed E-state index contributed by atoms with van der Waals surface area (Å²) in [5.74, 6) is -1.10. The van der Waals surface area contributed by atoms with E-state index >= 15 is 0 Å². The summed E-state index contributed by atoms with van der Waals surface area (Å²) >= 11 is 3.26. The van der Waals surface area contributed by atoms with E-state index in [1.165, 1.54) is 0 Å². The number of benzene rings is 1. The predicted molar refractivity (Wildman–Crippen MR) is 86.5 cm³/mol. The second-order valence-electron chi connectivity index (χ2n) is 5.12. The molecule has 7 nitrogen and oxygen atoms in total. The second kappa shape index (κ2) is 7.71. The summed E-state index contributed by atoms with van der Waals surface area (Å²) in [6.07, 6.45) is 0.333. The van der Waals surface area contributed by atoms with E-state index in [9.17, 15) is 14.4 Å². The molecule has 1 aromatic carbocycles. The maximum absolute atomic E-state index is 12.3. The molecule has 0 aromatic heterocycles. The molecule has 0 saturated heterocycles. The predicted octanol–water partition coefficient (Wildman–Crippen LogP) is 1.70. The molecule has 2 rings (SSSR count). The van der Waals surface area contributed by atoms with E-state index in [1.807, 2.05) is 12.1 Å². The largest absolute Gasteiger partial charge is 0.316 e. The van der Waals surface area contributed by atoms with Crippen LogP contribution in [-0.2, 0) is 4.79 Å². The van der Waals surface area contributed by atoms with Crippen molar-refractivity contribution in [1.82, 2.24) is 9.80 Å². The first kappa shape index (κ1) is 17.6. The number of hydrogen-bond donors (Lipinski definition) is 0. The Morgan fingerprint density at radius 3 is 2.38 bits per heavy atom. The summed E-state index contributed by atoms with van der Waals surface area (Å²) in [6.45, 7) is -0.205. The van der Waals surface area contributed by atoms with Crippen molar-refractivity contribution < 1.29 is 14.4 Å². The average molecular weight is 389 g/mol. The van der Waals surface area contributed by atoms with Crippen molar-refractivity contribution in [2.75, 3.05) is 19.6 Å². The standard InChI is InChI=1S/C16H13BrN4O3/c17-11-3-4-12-13(10-11)16(24)21(15(12)23)7-1-2-14(22)20(8-5-18)9-6-19/h3-4,10H,1-2,7-9H2. The molecule has 0 spiro atoms. The third-order valence-electron chi connectivity index (χ3n) is 3.58. The van der Waals surface area contributed by atoms with Crippen molar-refractivity contribution in [3.8, 4) is 12.1 Å². The van der Waals surface area contributed by atoms with E-state index in [2.05, 4.69) is 15.9 Å². The quantitative estimate of drug-likeness (QED) is 0.544. The molecule has 1 heterocycles. The molecular formula is C16H13BrN4O3. The zero-order chi connectivity index (χ0) is 17.7. The van der Waals surface area contributed by atoms with Crippen LogP contribution in [0.3, 0.4) is 0 Å². The van der Waals surface area contributed by atoms with Crippen LogP contribution in [0.4, 0.5) is 0 Å². The molecule has 1 aromatic rings. The van der Waals surface area contributed by atoms with Gasteiger partial charge in [0.15, 0.2) is 0 Å². The Morgan fingerprint density at radius 1 is 1.12 bits per heavy atom. The van der Waals surface area contributed by atoms with Gasteiger partial charge in [0.25, 0.3) is 11.8 Å². The minimum absolute atomic E-state index is 0.0560. The maximum atomic E-state index is 12.3. The number of halogens is 1. The topological polar surface area (TPSA) is 105 Å². The van der Waals surface area contributed by atoms with E-state index < -0.39 is 0 Å². The van der Waals surface area contributed by atoms with Crippen molar-refractivity contribution in [3.63, 3.8) is 0 Å². The summed E-state index contributed by atoms with van der Waals surface area (Å²) in [5, 5.41) is 17.3. The number of hydrogen-bond acceptors (Lipinski definition) is 5. The van der Waals surface area contributed by atoms with Crippen LogP contribution in [0.15, 0.2) is 22.7 Å². The molecule has 1 aliphatic rings. The summed E-state index contributed by atoms with van der Waals surface area (Å²) < 4.78 is 0.711. The second-order valence-corrected chi connectivity index (χ2v) is 6.04. The third kappa shape index (κ3) is 3.61. The van der Waals surface area contributed by atoms with Crippen molar-refractivity contribution in [3.05, 3.63) is 33.8 Å². The molecule has 0 radical (unpaired) electrons.